The minimum absolute atomic E-state index is 0.373. The summed E-state index contributed by atoms with van der Waals surface area (Å²) in [5.41, 5.74) is 1.61. The number of nitrogens with zero attached hydrogens (tertiary/aromatic N) is 1. The molecule has 1 heterocycles. The third kappa shape index (κ3) is 4.41. The van der Waals surface area contributed by atoms with Crippen molar-refractivity contribution in [2.24, 2.45) is 5.92 Å². The van der Waals surface area contributed by atoms with Crippen LogP contribution in [0.5, 0.6) is 0 Å². The summed E-state index contributed by atoms with van der Waals surface area (Å²) in [7, 11) is 0. The molecule has 3 N–H and O–H groups in total. The second kappa shape index (κ2) is 8.23. The molecular weight excluding hydrogens is 372 g/mol. The third-order valence-corrected chi connectivity index (χ3v) is 5.97. The Morgan fingerprint density at radius 2 is 1.90 bits per heavy atom. The molecule has 0 aromatic heterocycles. The van der Waals surface area contributed by atoms with Crippen LogP contribution in [0.4, 0.5) is 15.3 Å². The van der Waals surface area contributed by atoms with Crippen LogP contribution in [-0.4, -0.2) is 40.9 Å². The molecule has 1 spiro atoms. The van der Waals surface area contributed by atoms with Crippen LogP contribution in [0.1, 0.15) is 50.2 Å². The summed E-state index contributed by atoms with van der Waals surface area (Å²) < 4.78 is 0. The van der Waals surface area contributed by atoms with Gasteiger partial charge < -0.3 is 10.6 Å². The Kier molecular flexibility index (Phi) is 5.91. The van der Waals surface area contributed by atoms with Gasteiger partial charge in [-0.05, 0) is 57.1 Å². The summed E-state index contributed by atoms with van der Waals surface area (Å²) in [4.78, 5) is 50.4. The van der Waals surface area contributed by atoms with Crippen molar-refractivity contribution in [2.75, 3.05) is 11.9 Å². The minimum atomic E-state index is -0.899. The zero-order valence-corrected chi connectivity index (χ0v) is 17.1. The van der Waals surface area contributed by atoms with Gasteiger partial charge in [-0.2, -0.15) is 0 Å². The molecule has 2 aliphatic rings. The highest BCUT2D eigenvalue weighted by Gasteiger charge is 2.52. The smallest absolute Gasteiger partial charge is 0.323 e. The number of anilines is 1. The highest BCUT2D eigenvalue weighted by molar-refractivity contribution is 6.10. The number of benzene rings is 1. The summed E-state index contributed by atoms with van der Waals surface area (Å²) in [5, 5.41) is 7.57. The molecule has 0 unspecified atom stereocenters. The van der Waals surface area contributed by atoms with E-state index in [1.807, 2.05) is 26.0 Å². The average Bonchev–Trinajstić information content (AvgIpc) is 2.89. The first kappa shape index (κ1) is 20.8. The monoisotopic (exact) mass is 400 g/mol. The van der Waals surface area contributed by atoms with Gasteiger partial charge in [0.15, 0.2) is 0 Å². The van der Waals surface area contributed by atoms with E-state index in [2.05, 4.69) is 22.9 Å². The van der Waals surface area contributed by atoms with E-state index in [0.29, 0.717) is 24.4 Å². The third-order valence-electron chi connectivity index (χ3n) is 5.97. The van der Waals surface area contributed by atoms with Gasteiger partial charge in [0.25, 0.3) is 5.91 Å². The van der Waals surface area contributed by atoms with Gasteiger partial charge in [-0.15, -0.1) is 0 Å². The van der Waals surface area contributed by atoms with E-state index in [1.54, 1.807) is 6.07 Å². The van der Waals surface area contributed by atoms with Crippen LogP contribution in [0.2, 0.25) is 0 Å². The average molecular weight is 400 g/mol. The normalized spacial score (nSPS) is 23.8. The Morgan fingerprint density at radius 3 is 2.52 bits per heavy atom. The molecule has 2 fully saturated rings. The molecule has 1 saturated carbocycles. The number of urea groups is 2. The number of imide groups is 2. The first-order chi connectivity index (χ1) is 13.7. The van der Waals surface area contributed by atoms with Crippen molar-refractivity contribution < 1.29 is 19.2 Å². The van der Waals surface area contributed by atoms with Crippen molar-refractivity contribution in [3.05, 3.63) is 29.3 Å². The molecule has 3 rings (SSSR count). The van der Waals surface area contributed by atoms with Gasteiger partial charge in [-0.1, -0.05) is 31.0 Å². The molecule has 0 radical (unpaired) electrons. The van der Waals surface area contributed by atoms with Crippen LogP contribution in [0.25, 0.3) is 0 Å². The van der Waals surface area contributed by atoms with E-state index >= 15 is 0 Å². The second-order valence-corrected chi connectivity index (χ2v) is 8.08. The maximum Gasteiger partial charge on any atom is 0.325 e. The number of carbonyl (C=O) groups is 4. The van der Waals surface area contributed by atoms with Crippen LogP contribution in [-0.2, 0) is 9.59 Å². The highest BCUT2D eigenvalue weighted by atomic mass is 16.2. The van der Waals surface area contributed by atoms with Crippen molar-refractivity contribution in [1.29, 1.82) is 0 Å². The minimum Gasteiger partial charge on any atom is -0.323 e. The number of hydrogen-bond donors (Lipinski definition) is 3. The molecule has 1 aliphatic carbocycles. The lowest BCUT2D eigenvalue weighted by molar-refractivity contribution is -0.135. The molecule has 0 bridgehead atoms. The van der Waals surface area contributed by atoms with Gasteiger partial charge in [0.1, 0.15) is 12.1 Å². The van der Waals surface area contributed by atoms with E-state index in [0.717, 1.165) is 35.3 Å². The van der Waals surface area contributed by atoms with Crippen molar-refractivity contribution >= 4 is 29.6 Å². The van der Waals surface area contributed by atoms with Gasteiger partial charge in [0.2, 0.25) is 5.91 Å². The Balaban J connectivity index is 1.57. The van der Waals surface area contributed by atoms with Crippen molar-refractivity contribution in [3.8, 4) is 0 Å². The number of carbonyl (C=O) groups excluding carboxylic acids is 4. The Morgan fingerprint density at radius 1 is 1.21 bits per heavy atom. The zero-order chi connectivity index (χ0) is 21.2. The maximum atomic E-state index is 12.8. The maximum absolute atomic E-state index is 12.8. The Labute approximate surface area is 170 Å². The van der Waals surface area contributed by atoms with Gasteiger partial charge in [-0.3, -0.25) is 19.8 Å². The van der Waals surface area contributed by atoms with Gasteiger partial charge in [-0.25, -0.2) is 9.59 Å². The van der Waals surface area contributed by atoms with Crippen LogP contribution in [0, 0.1) is 19.8 Å². The van der Waals surface area contributed by atoms with Crippen molar-refractivity contribution in [2.45, 2.75) is 58.4 Å². The summed E-state index contributed by atoms with van der Waals surface area (Å²) in [6, 6.07) is 4.24. The molecule has 1 saturated heterocycles. The van der Waals surface area contributed by atoms with Gasteiger partial charge in [0.05, 0.1) is 0 Å². The number of aryl methyl sites for hydroxylation is 2. The zero-order valence-electron chi connectivity index (χ0n) is 17.1. The highest BCUT2D eigenvalue weighted by Crippen LogP contribution is 2.37. The molecule has 156 valence electrons. The first-order valence-electron chi connectivity index (χ1n) is 10.1. The molecule has 1 aromatic carbocycles. The van der Waals surface area contributed by atoms with E-state index in [9.17, 15) is 19.2 Å². The van der Waals surface area contributed by atoms with Crippen LogP contribution in [0.3, 0.4) is 0 Å². The second-order valence-electron chi connectivity index (χ2n) is 8.08. The Hall–Kier alpha value is -2.90. The SMILES string of the molecule is CCC1CCC2(CC1)NC(=O)N(CC(=O)NC(=O)Nc1ccc(C)cc1C)C2=O. The fraction of sp³-hybridized carbons (Fsp3) is 0.524. The van der Waals surface area contributed by atoms with E-state index in [-0.39, 0.29) is 5.91 Å². The molecule has 1 aromatic rings. The van der Waals surface area contributed by atoms with Gasteiger partial charge >= 0.3 is 12.1 Å². The van der Waals surface area contributed by atoms with E-state index < -0.39 is 30.1 Å². The number of rotatable bonds is 4. The molecule has 6 amide bonds. The van der Waals surface area contributed by atoms with Crippen molar-refractivity contribution in [1.82, 2.24) is 15.5 Å². The summed E-state index contributed by atoms with van der Waals surface area (Å²) in [6.07, 6.45) is 3.98. The van der Waals surface area contributed by atoms with Crippen LogP contribution < -0.4 is 16.0 Å². The number of nitrogens with one attached hydrogen (secondary N) is 3. The summed E-state index contributed by atoms with van der Waals surface area (Å²) in [6.45, 7) is 5.44. The fourth-order valence-electron chi connectivity index (χ4n) is 4.15. The Bertz CT molecular complexity index is 843. The fourth-order valence-corrected chi connectivity index (χ4v) is 4.15. The lowest BCUT2D eigenvalue weighted by Crippen LogP contribution is -2.50. The predicted molar refractivity (Wildman–Crippen MR) is 108 cm³/mol. The largest absolute Gasteiger partial charge is 0.325 e. The molecule has 1 aliphatic heterocycles. The summed E-state index contributed by atoms with van der Waals surface area (Å²) >= 11 is 0. The molecule has 8 nitrogen and oxygen atoms in total. The first-order valence-corrected chi connectivity index (χ1v) is 10.1. The summed E-state index contributed by atoms with van der Waals surface area (Å²) in [5.74, 6) is -0.520. The molecular formula is C21H28N4O4. The number of hydrogen-bond acceptors (Lipinski definition) is 4. The van der Waals surface area contributed by atoms with Crippen molar-refractivity contribution in [3.63, 3.8) is 0 Å². The van der Waals surface area contributed by atoms with E-state index in [4.69, 9.17) is 0 Å². The molecule has 8 heteroatoms. The van der Waals surface area contributed by atoms with Crippen LogP contribution in [0.15, 0.2) is 18.2 Å². The quantitative estimate of drug-likeness (QED) is 0.676. The standard InChI is InChI=1S/C21H28N4O4/c1-4-15-7-9-21(10-8-15)18(27)25(20(29)24-21)12-17(26)23-19(28)22-16-6-5-13(2)11-14(16)3/h5-6,11,15H,4,7-10,12H2,1-3H3,(H,24,29)(H2,22,23,26,28). The predicted octanol–water partition coefficient (Wildman–Crippen LogP) is 2.84. The lowest BCUT2D eigenvalue weighted by Gasteiger charge is -2.34. The topological polar surface area (TPSA) is 108 Å². The lowest BCUT2D eigenvalue weighted by atomic mass is 9.75. The number of amides is 6. The van der Waals surface area contributed by atoms with E-state index in [1.165, 1.54) is 0 Å². The molecule has 29 heavy (non-hydrogen) atoms. The van der Waals surface area contributed by atoms with Crippen LogP contribution >= 0.6 is 0 Å². The van der Waals surface area contributed by atoms with Gasteiger partial charge in [0, 0.05) is 5.69 Å². The molecule has 0 atom stereocenters.